The molecule has 0 aliphatic heterocycles. The van der Waals surface area contributed by atoms with E-state index in [1.807, 2.05) is 36.4 Å². The number of ether oxygens (including phenoxy) is 1. The number of methoxy groups -OCH3 is 1. The SMILES string of the molecule is COc1ccc(C(Cl)c2ccccc2C)cc1Cl. The topological polar surface area (TPSA) is 9.23 Å². The summed E-state index contributed by atoms with van der Waals surface area (Å²) >= 11 is 12.6. The van der Waals surface area contributed by atoms with Crippen LogP contribution in [0.1, 0.15) is 22.1 Å². The van der Waals surface area contributed by atoms with Gasteiger partial charge < -0.3 is 4.74 Å². The van der Waals surface area contributed by atoms with Crippen molar-refractivity contribution in [3.05, 3.63) is 64.2 Å². The maximum atomic E-state index is 6.50. The first kappa shape index (κ1) is 13.3. The van der Waals surface area contributed by atoms with Gasteiger partial charge in [-0.1, -0.05) is 41.9 Å². The molecule has 0 saturated carbocycles. The number of hydrogen-bond acceptors (Lipinski definition) is 1. The first-order chi connectivity index (χ1) is 8.63. The second-order valence-corrected chi connectivity index (χ2v) is 4.96. The molecule has 1 nitrogen and oxygen atoms in total. The Bertz CT molecular complexity index is 552. The summed E-state index contributed by atoms with van der Waals surface area (Å²) < 4.78 is 5.13. The van der Waals surface area contributed by atoms with Crippen LogP contribution in [0.3, 0.4) is 0 Å². The normalized spacial score (nSPS) is 12.2. The fourth-order valence-electron chi connectivity index (χ4n) is 1.89. The van der Waals surface area contributed by atoms with Crippen LogP contribution in [0.5, 0.6) is 5.75 Å². The van der Waals surface area contributed by atoms with Crippen LogP contribution in [-0.2, 0) is 0 Å². The predicted molar refractivity (Wildman–Crippen MR) is 76.9 cm³/mol. The molecule has 2 aromatic rings. The van der Waals surface area contributed by atoms with E-state index in [-0.39, 0.29) is 5.38 Å². The van der Waals surface area contributed by atoms with Crippen molar-refractivity contribution in [2.24, 2.45) is 0 Å². The summed E-state index contributed by atoms with van der Waals surface area (Å²) in [7, 11) is 1.60. The molecule has 0 N–H and O–H groups in total. The Morgan fingerprint density at radius 1 is 1.11 bits per heavy atom. The lowest BCUT2D eigenvalue weighted by Crippen LogP contribution is -1.96. The molecular weight excluding hydrogens is 267 g/mol. The molecule has 0 spiro atoms. The van der Waals surface area contributed by atoms with Gasteiger partial charge in [-0.25, -0.2) is 0 Å². The van der Waals surface area contributed by atoms with Gasteiger partial charge in [0.2, 0.25) is 0 Å². The van der Waals surface area contributed by atoms with Gasteiger partial charge in [-0.15, -0.1) is 11.6 Å². The molecule has 0 saturated heterocycles. The quantitative estimate of drug-likeness (QED) is 0.720. The summed E-state index contributed by atoms with van der Waals surface area (Å²) in [6.07, 6.45) is 0. The van der Waals surface area contributed by atoms with Crippen molar-refractivity contribution in [2.75, 3.05) is 7.11 Å². The van der Waals surface area contributed by atoms with Gasteiger partial charge in [-0.05, 0) is 35.7 Å². The van der Waals surface area contributed by atoms with Gasteiger partial charge >= 0.3 is 0 Å². The third-order valence-electron chi connectivity index (χ3n) is 2.93. The zero-order valence-electron chi connectivity index (χ0n) is 10.3. The van der Waals surface area contributed by atoms with Crippen molar-refractivity contribution in [2.45, 2.75) is 12.3 Å². The van der Waals surface area contributed by atoms with Crippen molar-refractivity contribution in [1.29, 1.82) is 0 Å². The number of aryl methyl sites for hydroxylation is 1. The second-order valence-electron chi connectivity index (χ2n) is 4.11. The summed E-state index contributed by atoms with van der Waals surface area (Å²) in [5.41, 5.74) is 3.24. The molecule has 0 aromatic heterocycles. The van der Waals surface area contributed by atoms with Crippen LogP contribution in [0.4, 0.5) is 0 Å². The molecule has 1 unspecified atom stereocenters. The van der Waals surface area contributed by atoms with E-state index in [2.05, 4.69) is 13.0 Å². The van der Waals surface area contributed by atoms with Crippen molar-refractivity contribution >= 4 is 23.2 Å². The first-order valence-electron chi connectivity index (χ1n) is 5.66. The zero-order chi connectivity index (χ0) is 13.1. The van der Waals surface area contributed by atoms with Crippen LogP contribution >= 0.6 is 23.2 Å². The maximum absolute atomic E-state index is 6.50. The number of alkyl halides is 1. The highest BCUT2D eigenvalue weighted by atomic mass is 35.5. The van der Waals surface area contributed by atoms with E-state index in [9.17, 15) is 0 Å². The van der Waals surface area contributed by atoms with Crippen LogP contribution < -0.4 is 4.74 Å². The van der Waals surface area contributed by atoms with Crippen molar-refractivity contribution < 1.29 is 4.74 Å². The number of halogens is 2. The van der Waals surface area contributed by atoms with E-state index >= 15 is 0 Å². The number of rotatable bonds is 3. The van der Waals surface area contributed by atoms with E-state index in [4.69, 9.17) is 27.9 Å². The van der Waals surface area contributed by atoms with E-state index in [1.54, 1.807) is 7.11 Å². The van der Waals surface area contributed by atoms with Gasteiger partial charge in [0.15, 0.2) is 0 Å². The largest absolute Gasteiger partial charge is 0.495 e. The number of benzene rings is 2. The zero-order valence-corrected chi connectivity index (χ0v) is 11.8. The van der Waals surface area contributed by atoms with E-state index in [0.717, 1.165) is 11.1 Å². The molecule has 18 heavy (non-hydrogen) atoms. The summed E-state index contributed by atoms with van der Waals surface area (Å²) in [6, 6.07) is 13.7. The highest BCUT2D eigenvalue weighted by molar-refractivity contribution is 6.32. The lowest BCUT2D eigenvalue weighted by molar-refractivity contribution is 0.415. The fourth-order valence-corrected chi connectivity index (χ4v) is 2.54. The van der Waals surface area contributed by atoms with Gasteiger partial charge in [0.25, 0.3) is 0 Å². The Hall–Kier alpha value is -1.18. The smallest absolute Gasteiger partial charge is 0.137 e. The molecule has 1 atom stereocenters. The Balaban J connectivity index is 2.37. The summed E-state index contributed by atoms with van der Waals surface area (Å²) in [5, 5.41) is 0.379. The molecule has 0 aliphatic rings. The summed E-state index contributed by atoms with van der Waals surface area (Å²) in [5.74, 6) is 0.661. The highest BCUT2D eigenvalue weighted by Gasteiger charge is 2.14. The average Bonchev–Trinajstić information content (AvgIpc) is 2.38. The van der Waals surface area contributed by atoms with E-state index in [1.165, 1.54) is 5.56 Å². The first-order valence-corrected chi connectivity index (χ1v) is 6.48. The van der Waals surface area contributed by atoms with Crippen molar-refractivity contribution in [3.63, 3.8) is 0 Å². The van der Waals surface area contributed by atoms with Gasteiger partial charge in [-0.2, -0.15) is 0 Å². The maximum Gasteiger partial charge on any atom is 0.137 e. The fraction of sp³-hybridized carbons (Fsp3) is 0.200. The summed E-state index contributed by atoms with van der Waals surface area (Å²) in [4.78, 5) is 0. The Kier molecular flexibility index (Phi) is 4.15. The Morgan fingerprint density at radius 3 is 2.44 bits per heavy atom. The average molecular weight is 281 g/mol. The van der Waals surface area contributed by atoms with Gasteiger partial charge in [-0.3, -0.25) is 0 Å². The lowest BCUT2D eigenvalue weighted by atomic mass is 10.00. The molecule has 0 bridgehead atoms. The Labute approximate surface area is 117 Å². The lowest BCUT2D eigenvalue weighted by Gasteiger charge is -2.14. The molecule has 2 rings (SSSR count). The van der Waals surface area contributed by atoms with Crippen LogP contribution in [-0.4, -0.2) is 7.11 Å². The third kappa shape index (κ3) is 2.63. The Morgan fingerprint density at radius 2 is 1.83 bits per heavy atom. The molecular formula is C15H14Cl2O. The molecule has 0 amide bonds. The van der Waals surface area contributed by atoms with Crippen LogP contribution in [0, 0.1) is 6.92 Å². The van der Waals surface area contributed by atoms with Crippen molar-refractivity contribution in [3.8, 4) is 5.75 Å². The van der Waals surface area contributed by atoms with Crippen LogP contribution in [0.2, 0.25) is 5.02 Å². The van der Waals surface area contributed by atoms with Crippen molar-refractivity contribution in [1.82, 2.24) is 0 Å². The van der Waals surface area contributed by atoms with E-state index in [0.29, 0.717) is 10.8 Å². The standard InChI is InChI=1S/C15H14Cl2O/c1-10-5-3-4-6-12(10)15(17)11-7-8-14(18-2)13(16)9-11/h3-9,15H,1-2H3. The minimum Gasteiger partial charge on any atom is -0.495 e. The minimum absolute atomic E-state index is 0.199. The molecule has 2 aromatic carbocycles. The summed E-state index contributed by atoms with van der Waals surface area (Å²) in [6.45, 7) is 2.05. The highest BCUT2D eigenvalue weighted by Crippen LogP contribution is 2.34. The molecule has 0 aliphatic carbocycles. The monoisotopic (exact) mass is 280 g/mol. The number of hydrogen-bond donors (Lipinski definition) is 0. The predicted octanol–water partition coefficient (Wildman–Crippen LogP) is 4.99. The van der Waals surface area contributed by atoms with Crippen LogP contribution in [0.25, 0.3) is 0 Å². The van der Waals surface area contributed by atoms with Crippen LogP contribution in [0.15, 0.2) is 42.5 Å². The van der Waals surface area contributed by atoms with Gasteiger partial charge in [0, 0.05) is 0 Å². The molecule has 94 valence electrons. The molecule has 0 heterocycles. The molecule has 0 radical (unpaired) electrons. The second kappa shape index (κ2) is 5.64. The molecule has 3 heteroatoms. The third-order valence-corrected chi connectivity index (χ3v) is 3.71. The van der Waals surface area contributed by atoms with Gasteiger partial charge in [0.05, 0.1) is 17.5 Å². The minimum atomic E-state index is -0.199. The molecule has 0 fully saturated rings. The van der Waals surface area contributed by atoms with E-state index < -0.39 is 0 Å². The van der Waals surface area contributed by atoms with Gasteiger partial charge in [0.1, 0.15) is 5.75 Å².